The molecule has 0 saturated carbocycles. The van der Waals surface area contributed by atoms with Crippen molar-refractivity contribution in [1.82, 2.24) is 9.97 Å². The minimum Gasteiger partial charge on any atom is -0.465 e. The highest BCUT2D eigenvalue weighted by Gasteiger charge is 2.19. The maximum absolute atomic E-state index is 13.2. The minimum absolute atomic E-state index is 0.00332. The number of rotatable bonds is 9. The predicted molar refractivity (Wildman–Crippen MR) is 116 cm³/mol. The Hall–Kier alpha value is -4.38. The zero-order valence-electron chi connectivity index (χ0n) is 17.4. The highest BCUT2D eigenvalue weighted by atomic mass is 19.1. The van der Waals surface area contributed by atoms with E-state index in [0.29, 0.717) is 17.6 Å². The molecule has 0 aliphatic carbocycles. The first kappa shape index (κ1) is 23.3. The van der Waals surface area contributed by atoms with Gasteiger partial charge in [-0.1, -0.05) is 0 Å². The van der Waals surface area contributed by atoms with Crippen LogP contribution in [0, 0.1) is 5.82 Å². The molecule has 170 valence electrons. The summed E-state index contributed by atoms with van der Waals surface area (Å²) >= 11 is 0. The number of anilines is 1. The van der Waals surface area contributed by atoms with Gasteiger partial charge in [0.25, 0.3) is 5.91 Å². The molecule has 0 aliphatic heterocycles. The van der Waals surface area contributed by atoms with Crippen molar-refractivity contribution in [2.45, 2.75) is 6.04 Å². The lowest BCUT2D eigenvalue weighted by Crippen LogP contribution is -2.30. The van der Waals surface area contributed by atoms with Crippen LogP contribution in [-0.4, -0.2) is 47.8 Å². The van der Waals surface area contributed by atoms with Crippen molar-refractivity contribution in [2.24, 2.45) is 11.5 Å². The number of nitrogens with zero attached hydrogens (tertiary/aromatic N) is 2. The fourth-order valence-corrected chi connectivity index (χ4v) is 2.77. The molecule has 0 radical (unpaired) electrons. The minimum atomic E-state index is -0.818. The van der Waals surface area contributed by atoms with Crippen molar-refractivity contribution in [3.63, 3.8) is 0 Å². The van der Waals surface area contributed by atoms with Crippen molar-refractivity contribution in [3.8, 4) is 22.9 Å². The predicted octanol–water partition coefficient (Wildman–Crippen LogP) is 1.90. The lowest BCUT2D eigenvalue weighted by atomic mass is 10.1. The summed E-state index contributed by atoms with van der Waals surface area (Å²) in [7, 11) is 1.20. The molecule has 11 heteroatoms. The van der Waals surface area contributed by atoms with Gasteiger partial charge in [0, 0.05) is 18.2 Å². The van der Waals surface area contributed by atoms with E-state index < -0.39 is 23.7 Å². The van der Waals surface area contributed by atoms with E-state index in [1.54, 1.807) is 6.07 Å². The van der Waals surface area contributed by atoms with Crippen molar-refractivity contribution >= 4 is 24.0 Å². The first-order valence-electron chi connectivity index (χ1n) is 9.61. The van der Waals surface area contributed by atoms with Crippen molar-refractivity contribution in [1.29, 1.82) is 0 Å². The molecule has 0 bridgehead atoms. The van der Waals surface area contributed by atoms with Gasteiger partial charge in [0.05, 0.1) is 13.2 Å². The summed E-state index contributed by atoms with van der Waals surface area (Å²) in [5.41, 5.74) is 11.2. The first-order chi connectivity index (χ1) is 15.8. The number of methoxy groups -OCH3 is 1. The number of aromatic nitrogens is 2. The third-order valence-electron chi connectivity index (χ3n) is 4.41. The number of carbonyl (C=O) groups excluding carboxylic acids is 3. The molecule has 1 aromatic heterocycles. The quantitative estimate of drug-likeness (QED) is 0.325. The summed E-state index contributed by atoms with van der Waals surface area (Å²) in [6, 6.07) is 10.2. The SMILES string of the molecule is COC(=O)c1cc(-c2nc(N[C@H](C=O)CN)cc(C(N)=O)n2)ccc1Oc1ccc(F)cc1. The number of aldehydes is 1. The second-order valence-corrected chi connectivity index (χ2v) is 6.71. The van der Waals surface area contributed by atoms with Crippen LogP contribution in [0.2, 0.25) is 0 Å². The number of amides is 1. The van der Waals surface area contributed by atoms with Crippen LogP contribution in [0.1, 0.15) is 20.8 Å². The van der Waals surface area contributed by atoms with Gasteiger partial charge in [-0.05, 0) is 42.5 Å². The van der Waals surface area contributed by atoms with Crippen LogP contribution < -0.4 is 21.5 Å². The van der Waals surface area contributed by atoms with Gasteiger partial charge in [-0.2, -0.15) is 0 Å². The Morgan fingerprint density at radius 1 is 1.15 bits per heavy atom. The number of benzene rings is 2. The molecule has 5 N–H and O–H groups in total. The Labute approximate surface area is 187 Å². The van der Waals surface area contributed by atoms with Crippen molar-refractivity contribution in [2.75, 3.05) is 19.0 Å². The van der Waals surface area contributed by atoms with Crippen LogP contribution >= 0.6 is 0 Å². The number of hydrogen-bond donors (Lipinski definition) is 3. The number of carbonyl (C=O) groups is 3. The molecule has 2 aromatic carbocycles. The fraction of sp³-hybridized carbons (Fsp3) is 0.136. The standard InChI is InChI=1S/C22H20FN5O5/c1-32-22(31)16-8-12(2-7-18(16)33-15-5-3-13(23)4-6-15)21-27-17(20(25)30)9-19(28-21)26-14(10-24)11-29/h2-9,11,14H,10,24H2,1H3,(H2,25,30)(H,26,27,28)/t14-/m0/s1. The van der Waals surface area contributed by atoms with Crippen molar-refractivity contribution in [3.05, 3.63) is 65.6 Å². The van der Waals surface area contributed by atoms with Gasteiger partial charge in [0.2, 0.25) is 0 Å². The molecule has 0 saturated heterocycles. The van der Waals surface area contributed by atoms with Crippen LogP contribution in [0.15, 0.2) is 48.5 Å². The van der Waals surface area contributed by atoms with E-state index in [2.05, 4.69) is 15.3 Å². The molecule has 0 unspecified atom stereocenters. The normalized spacial score (nSPS) is 11.4. The fourth-order valence-electron chi connectivity index (χ4n) is 2.77. The van der Waals surface area contributed by atoms with Crippen LogP contribution in [0.3, 0.4) is 0 Å². The van der Waals surface area contributed by atoms with Crippen LogP contribution in [0.5, 0.6) is 11.5 Å². The smallest absolute Gasteiger partial charge is 0.341 e. The molecule has 1 atom stereocenters. The van der Waals surface area contributed by atoms with Gasteiger partial charge in [0.1, 0.15) is 40.7 Å². The maximum atomic E-state index is 13.2. The Morgan fingerprint density at radius 2 is 1.88 bits per heavy atom. The number of halogens is 1. The summed E-state index contributed by atoms with van der Waals surface area (Å²) in [6.07, 6.45) is 0.600. The zero-order valence-corrected chi connectivity index (χ0v) is 17.4. The van der Waals surface area contributed by atoms with E-state index in [1.165, 1.54) is 49.6 Å². The zero-order chi connectivity index (χ0) is 24.0. The molecule has 1 amide bonds. The summed E-state index contributed by atoms with van der Waals surface area (Å²) < 4.78 is 23.7. The van der Waals surface area contributed by atoms with Crippen LogP contribution in [-0.2, 0) is 9.53 Å². The summed E-state index contributed by atoms with van der Waals surface area (Å²) in [4.78, 5) is 43.7. The molecule has 3 aromatic rings. The van der Waals surface area contributed by atoms with E-state index in [4.69, 9.17) is 20.9 Å². The first-order valence-corrected chi connectivity index (χ1v) is 9.61. The Kier molecular flexibility index (Phi) is 7.26. The van der Waals surface area contributed by atoms with E-state index >= 15 is 0 Å². The van der Waals surface area contributed by atoms with Gasteiger partial charge < -0.3 is 31.1 Å². The molecule has 0 spiro atoms. The highest BCUT2D eigenvalue weighted by Crippen LogP contribution is 2.30. The number of primary amides is 1. The number of nitrogens with one attached hydrogen (secondary N) is 1. The summed E-state index contributed by atoms with van der Waals surface area (Å²) in [5, 5.41) is 2.78. The molecular weight excluding hydrogens is 433 g/mol. The van der Waals surface area contributed by atoms with Gasteiger partial charge in [-0.25, -0.2) is 19.2 Å². The number of hydrogen-bond acceptors (Lipinski definition) is 9. The summed E-state index contributed by atoms with van der Waals surface area (Å²) in [5.74, 6) is -1.32. The third-order valence-corrected chi connectivity index (χ3v) is 4.41. The highest BCUT2D eigenvalue weighted by molar-refractivity contribution is 5.94. The second kappa shape index (κ2) is 10.3. The number of esters is 1. The van der Waals surface area contributed by atoms with Crippen LogP contribution in [0.4, 0.5) is 10.2 Å². The average molecular weight is 453 g/mol. The van der Waals surface area contributed by atoms with E-state index in [9.17, 15) is 18.8 Å². The molecule has 0 fully saturated rings. The van der Waals surface area contributed by atoms with Crippen LogP contribution in [0.25, 0.3) is 11.4 Å². The average Bonchev–Trinajstić information content (AvgIpc) is 2.83. The molecular formula is C22H20FN5O5. The Morgan fingerprint density at radius 3 is 2.48 bits per heavy atom. The number of ether oxygens (including phenoxy) is 2. The molecule has 3 rings (SSSR count). The van der Waals surface area contributed by atoms with Crippen molar-refractivity contribution < 1.29 is 28.2 Å². The molecule has 1 heterocycles. The van der Waals surface area contributed by atoms with Gasteiger partial charge >= 0.3 is 5.97 Å². The van der Waals surface area contributed by atoms with Gasteiger partial charge in [0.15, 0.2) is 5.82 Å². The largest absolute Gasteiger partial charge is 0.465 e. The van der Waals surface area contributed by atoms with Gasteiger partial charge in [-0.3, -0.25) is 4.79 Å². The second-order valence-electron chi connectivity index (χ2n) is 6.71. The van der Waals surface area contributed by atoms with E-state index in [1.807, 2.05) is 0 Å². The number of nitrogens with two attached hydrogens (primary N) is 2. The maximum Gasteiger partial charge on any atom is 0.341 e. The molecule has 10 nitrogen and oxygen atoms in total. The third kappa shape index (κ3) is 5.66. The Balaban J connectivity index is 2.05. The van der Waals surface area contributed by atoms with E-state index in [0.717, 1.165) is 0 Å². The molecule has 33 heavy (non-hydrogen) atoms. The molecule has 0 aliphatic rings. The lowest BCUT2D eigenvalue weighted by molar-refractivity contribution is -0.108. The topological polar surface area (TPSA) is 160 Å². The van der Waals surface area contributed by atoms with Gasteiger partial charge in [-0.15, -0.1) is 0 Å². The monoisotopic (exact) mass is 453 g/mol. The summed E-state index contributed by atoms with van der Waals surface area (Å²) in [6.45, 7) is -0.00332. The Bertz CT molecular complexity index is 1190. The van der Waals surface area contributed by atoms with E-state index in [-0.39, 0.29) is 35.2 Å². The lowest BCUT2D eigenvalue weighted by Gasteiger charge is -2.14.